The molecule has 3 rings (SSSR count). The third-order valence-electron chi connectivity index (χ3n) is 4.57. The minimum Gasteiger partial charge on any atom is -0.494 e. The Morgan fingerprint density at radius 2 is 1.85 bits per heavy atom. The number of aryl methyl sites for hydroxylation is 2. The van der Waals surface area contributed by atoms with Crippen molar-refractivity contribution in [3.63, 3.8) is 0 Å². The first-order valence-electron chi connectivity index (χ1n) is 9.02. The zero-order valence-electron chi connectivity index (χ0n) is 15.6. The van der Waals surface area contributed by atoms with E-state index in [1.807, 2.05) is 43.3 Å². The molecule has 2 aromatic carbocycles. The van der Waals surface area contributed by atoms with E-state index in [1.54, 1.807) is 11.7 Å². The van der Waals surface area contributed by atoms with E-state index < -0.39 is 0 Å². The van der Waals surface area contributed by atoms with Crippen LogP contribution in [-0.2, 0) is 11.2 Å². The molecule has 0 atom stereocenters. The van der Waals surface area contributed by atoms with Crippen molar-refractivity contribution in [3.8, 4) is 5.75 Å². The summed E-state index contributed by atoms with van der Waals surface area (Å²) in [6.07, 6.45) is 1.79. The van der Waals surface area contributed by atoms with Crippen LogP contribution in [0.5, 0.6) is 5.75 Å². The Morgan fingerprint density at radius 3 is 2.54 bits per heavy atom. The highest BCUT2D eigenvalue weighted by Gasteiger charge is 2.16. The average molecular weight is 351 g/mol. The number of ether oxygens (including phenoxy) is 2. The van der Waals surface area contributed by atoms with Gasteiger partial charge in [0.1, 0.15) is 5.75 Å². The quantitative estimate of drug-likeness (QED) is 0.583. The van der Waals surface area contributed by atoms with Crippen molar-refractivity contribution < 1.29 is 14.3 Å². The van der Waals surface area contributed by atoms with Crippen molar-refractivity contribution in [2.75, 3.05) is 20.3 Å². The van der Waals surface area contributed by atoms with Crippen LogP contribution in [-0.4, -0.2) is 30.8 Å². The van der Waals surface area contributed by atoms with E-state index in [1.165, 1.54) is 5.56 Å². The van der Waals surface area contributed by atoms with Gasteiger partial charge in [0.2, 0.25) is 0 Å². The summed E-state index contributed by atoms with van der Waals surface area (Å²) in [6, 6.07) is 15.6. The number of fused-ring (bicyclic) bond motifs is 1. The largest absolute Gasteiger partial charge is 0.494 e. The molecule has 0 saturated carbocycles. The van der Waals surface area contributed by atoms with Gasteiger partial charge in [-0.15, -0.1) is 0 Å². The first-order chi connectivity index (χ1) is 12.7. The molecule has 0 unspecified atom stereocenters. The van der Waals surface area contributed by atoms with Gasteiger partial charge in [-0.25, -0.2) is 0 Å². The van der Waals surface area contributed by atoms with Crippen LogP contribution in [0.1, 0.15) is 35.0 Å². The summed E-state index contributed by atoms with van der Waals surface area (Å²) in [5, 5.41) is 1.15. The van der Waals surface area contributed by atoms with Gasteiger partial charge in [-0.1, -0.05) is 19.1 Å². The lowest BCUT2D eigenvalue weighted by atomic mass is 10.1. The molecule has 4 heteroatoms. The molecule has 0 fully saturated rings. The predicted molar refractivity (Wildman–Crippen MR) is 104 cm³/mol. The van der Waals surface area contributed by atoms with Gasteiger partial charge in [-0.05, 0) is 55.3 Å². The van der Waals surface area contributed by atoms with Gasteiger partial charge < -0.3 is 9.47 Å². The van der Waals surface area contributed by atoms with E-state index in [9.17, 15) is 4.79 Å². The standard InChI is InChI=1S/C22H25NO3/c1-4-17-7-5-8-21-20(17)15-16(2)23(21)22(24)18-9-11-19(12-10-18)26-14-6-13-25-3/h5,7-12,15H,4,6,13-14H2,1-3H3. The van der Waals surface area contributed by atoms with Crippen molar-refractivity contribution >= 4 is 16.8 Å². The van der Waals surface area contributed by atoms with Crippen LogP contribution in [0.4, 0.5) is 0 Å². The number of hydrogen-bond donors (Lipinski definition) is 0. The van der Waals surface area contributed by atoms with E-state index in [4.69, 9.17) is 9.47 Å². The molecular formula is C22H25NO3. The van der Waals surface area contributed by atoms with Gasteiger partial charge in [0.15, 0.2) is 0 Å². The zero-order valence-corrected chi connectivity index (χ0v) is 15.6. The molecule has 0 N–H and O–H groups in total. The molecule has 0 saturated heterocycles. The maximum Gasteiger partial charge on any atom is 0.262 e. The summed E-state index contributed by atoms with van der Waals surface area (Å²) in [5.41, 5.74) is 3.83. The lowest BCUT2D eigenvalue weighted by Crippen LogP contribution is -2.13. The van der Waals surface area contributed by atoms with Crippen LogP contribution < -0.4 is 4.74 Å². The third-order valence-corrected chi connectivity index (χ3v) is 4.57. The summed E-state index contributed by atoms with van der Waals surface area (Å²) < 4.78 is 12.5. The molecule has 0 radical (unpaired) electrons. The molecular weight excluding hydrogens is 326 g/mol. The molecule has 4 nitrogen and oxygen atoms in total. The molecule has 0 amide bonds. The summed E-state index contributed by atoms with van der Waals surface area (Å²) in [4.78, 5) is 13.1. The molecule has 1 aromatic heterocycles. The second-order valence-corrected chi connectivity index (χ2v) is 6.35. The lowest BCUT2D eigenvalue weighted by Gasteiger charge is -2.09. The van der Waals surface area contributed by atoms with Crippen LogP contribution in [0.2, 0.25) is 0 Å². The van der Waals surface area contributed by atoms with Crippen LogP contribution in [0.15, 0.2) is 48.5 Å². The SMILES string of the molecule is CCc1cccc2c1cc(C)n2C(=O)c1ccc(OCCCOC)cc1. The smallest absolute Gasteiger partial charge is 0.262 e. The Bertz CT molecular complexity index is 894. The fourth-order valence-electron chi connectivity index (χ4n) is 3.22. The van der Waals surface area contributed by atoms with E-state index >= 15 is 0 Å². The van der Waals surface area contributed by atoms with Crippen molar-refractivity contribution in [2.45, 2.75) is 26.7 Å². The van der Waals surface area contributed by atoms with Gasteiger partial charge in [-0.2, -0.15) is 0 Å². The van der Waals surface area contributed by atoms with Crippen molar-refractivity contribution in [2.24, 2.45) is 0 Å². The van der Waals surface area contributed by atoms with Crippen molar-refractivity contribution in [3.05, 3.63) is 65.4 Å². The lowest BCUT2D eigenvalue weighted by molar-refractivity contribution is 0.0963. The van der Waals surface area contributed by atoms with Crippen LogP contribution >= 0.6 is 0 Å². The molecule has 26 heavy (non-hydrogen) atoms. The van der Waals surface area contributed by atoms with E-state index in [0.29, 0.717) is 18.8 Å². The first kappa shape index (κ1) is 18.2. The second kappa shape index (κ2) is 8.19. The van der Waals surface area contributed by atoms with E-state index in [2.05, 4.69) is 19.1 Å². The number of nitrogens with zero attached hydrogens (tertiary/aromatic N) is 1. The second-order valence-electron chi connectivity index (χ2n) is 6.35. The molecule has 0 aliphatic carbocycles. The molecule has 0 aliphatic heterocycles. The number of carbonyl (C=O) groups is 1. The van der Waals surface area contributed by atoms with E-state index in [-0.39, 0.29) is 5.91 Å². The van der Waals surface area contributed by atoms with Gasteiger partial charge >= 0.3 is 0 Å². The summed E-state index contributed by atoms with van der Waals surface area (Å²) in [6.45, 7) is 5.39. The van der Waals surface area contributed by atoms with Crippen LogP contribution in [0, 0.1) is 6.92 Å². The highest BCUT2D eigenvalue weighted by molar-refractivity contribution is 6.03. The Hall–Kier alpha value is -2.59. The molecule has 0 aliphatic rings. The Kier molecular flexibility index (Phi) is 5.74. The minimum atomic E-state index is -0.0170. The van der Waals surface area contributed by atoms with Crippen molar-refractivity contribution in [1.82, 2.24) is 4.57 Å². The number of hydrogen-bond acceptors (Lipinski definition) is 3. The first-order valence-corrected chi connectivity index (χ1v) is 9.02. The summed E-state index contributed by atoms with van der Waals surface area (Å²) >= 11 is 0. The Morgan fingerprint density at radius 1 is 1.08 bits per heavy atom. The summed E-state index contributed by atoms with van der Waals surface area (Å²) in [5.74, 6) is 0.747. The maximum absolute atomic E-state index is 13.1. The predicted octanol–water partition coefficient (Wildman–Crippen LogP) is 4.62. The number of carbonyl (C=O) groups excluding carboxylic acids is 1. The molecule has 1 heterocycles. The topological polar surface area (TPSA) is 40.5 Å². The highest BCUT2D eigenvalue weighted by atomic mass is 16.5. The zero-order chi connectivity index (χ0) is 18.5. The van der Waals surface area contributed by atoms with Crippen LogP contribution in [0.3, 0.4) is 0 Å². The van der Waals surface area contributed by atoms with Gasteiger partial charge in [0, 0.05) is 36.8 Å². The van der Waals surface area contributed by atoms with Gasteiger partial charge in [0.05, 0.1) is 12.1 Å². The van der Waals surface area contributed by atoms with Crippen molar-refractivity contribution in [1.29, 1.82) is 0 Å². The van der Waals surface area contributed by atoms with Gasteiger partial charge in [-0.3, -0.25) is 9.36 Å². The Balaban J connectivity index is 1.83. The normalized spacial score (nSPS) is 11.0. The van der Waals surface area contributed by atoms with Crippen LogP contribution in [0.25, 0.3) is 10.9 Å². The number of methoxy groups -OCH3 is 1. The number of benzene rings is 2. The fraction of sp³-hybridized carbons (Fsp3) is 0.318. The number of rotatable bonds is 7. The molecule has 0 bridgehead atoms. The third kappa shape index (κ3) is 3.65. The van der Waals surface area contributed by atoms with Gasteiger partial charge in [0.25, 0.3) is 5.91 Å². The molecule has 3 aromatic rings. The summed E-state index contributed by atoms with van der Waals surface area (Å²) in [7, 11) is 1.68. The average Bonchev–Trinajstić information content (AvgIpc) is 3.01. The molecule has 136 valence electrons. The highest BCUT2D eigenvalue weighted by Crippen LogP contribution is 2.25. The minimum absolute atomic E-state index is 0.0170. The van der Waals surface area contributed by atoms with E-state index in [0.717, 1.165) is 35.2 Å². The monoisotopic (exact) mass is 351 g/mol. The molecule has 0 spiro atoms. The number of aromatic nitrogens is 1. The maximum atomic E-state index is 13.1. The Labute approximate surface area is 154 Å². The fourth-order valence-corrected chi connectivity index (χ4v) is 3.22.